The molecule has 0 saturated carbocycles. The third kappa shape index (κ3) is 9.19. The van der Waals surface area contributed by atoms with Crippen molar-refractivity contribution in [2.45, 2.75) is 62.5 Å². The molecular formula is C34H43F6N9O5. The molecule has 0 bridgehead atoms. The quantitative estimate of drug-likeness (QED) is 0.266. The number of rotatable bonds is 6. The van der Waals surface area contributed by atoms with Crippen molar-refractivity contribution in [1.29, 1.82) is 10.5 Å². The first-order chi connectivity index (χ1) is 25.2. The van der Waals surface area contributed by atoms with Crippen LogP contribution in [0, 0.1) is 22.7 Å². The van der Waals surface area contributed by atoms with E-state index < -0.39 is 58.0 Å². The number of alkyl halides is 6. The standard InChI is InChI=1S/C18H24F3N5O2.C16H19F3N4O3/c1-17(28)2-3-26(12-17)16-13(11-22)14(18(19,20)21)10-15(23-16)25-6-4-24(5-7-25)8-9-27;1-15(26)2-3-22(8-15)14-9(5-20)10(16(17,18)19)4-13(21-14)23-6-11(24)12(25)7-23/h10,27-28H,2-9,12H2,1H3;4,11-12,24-26H,2-3,6-8H2,1H3/t17-;11-,12-,15-/m00/s1. The molecule has 4 fully saturated rings. The van der Waals surface area contributed by atoms with Gasteiger partial charge in [-0.3, -0.25) is 4.90 Å². The van der Waals surface area contributed by atoms with E-state index in [4.69, 9.17) is 5.11 Å². The number of hydrogen-bond acceptors (Lipinski definition) is 14. The van der Waals surface area contributed by atoms with E-state index in [2.05, 4.69) is 9.97 Å². The maximum Gasteiger partial charge on any atom is 0.417 e. The fourth-order valence-electron chi connectivity index (χ4n) is 7.04. The fraction of sp³-hybridized carbons (Fsp3) is 0.647. The molecule has 5 N–H and O–H groups in total. The van der Waals surface area contributed by atoms with Crippen LogP contribution in [0.4, 0.5) is 49.6 Å². The number of halogens is 6. The second-order valence-electron chi connectivity index (χ2n) is 14.6. The van der Waals surface area contributed by atoms with Crippen LogP contribution in [0.25, 0.3) is 0 Å². The van der Waals surface area contributed by atoms with Gasteiger partial charge in [-0.15, -0.1) is 0 Å². The molecule has 296 valence electrons. The molecule has 6 rings (SSSR count). The van der Waals surface area contributed by atoms with Crippen molar-refractivity contribution in [3.8, 4) is 12.1 Å². The van der Waals surface area contributed by atoms with E-state index in [0.29, 0.717) is 52.1 Å². The molecule has 0 amide bonds. The van der Waals surface area contributed by atoms with Crippen LogP contribution in [-0.4, -0.2) is 142 Å². The second-order valence-corrected chi connectivity index (χ2v) is 14.6. The molecule has 0 radical (unpaired) electrons. The molecule has 4 aliphatic rings. The lowest BCUT2D eigenvalue weighted by atomic mass is 10.1. The largest absolute Gasteiger partial charge is 0.417 e. The van der Waals surface area contributed by atoms with Crippen LogP contribution in [0.2, 0.25) is 0 Å². The molecule has 0 unspecified atom stereocenters. The van der Waals surface area contributed by atoms with Crippen molar-refractivity contribution in [2.24, 2.45) is 0 Å². The first kappa shape index (κ1) is 41.0. The first-order valence-corrected chi connectivity index (χ1v) is 17.3. The number of pyridine rings is 2. The molecule has 6 heterocycles. The van der Waals surface area contributed by atoms with Gasteiger partial charge in [0, 0.05) is 72.0 Å². The molecule has 0 aliphatic carbocycles. The Bertz CT molecular complexity index is 1750. The first-order valence-electron chi connectivity index (χ1n) is 17.3. The number of aromatic nitrogens is 2. The zero-order chi connectivity index (χ0) is 39.8. The van der Waals surface area contributed by atoms with Gasteiger partial charge in [-0.25, -0.2) is 9.97 Å². The smallest absolute Gasteiger partial charge is 0.395 e. The van der Waals surface area contributed by atoms with Gasteiger partial charge in [-0.1, -0.05) is 0 Å². The van der Waals surface area contributed by atoms with E-state index in [0.717, 1.165) is 12.1 Å². The Morgan fingerprint density at radius 2 is 1.11 bits per heavy atom. The third-order valence-corrected chi connectivity index (χ3v) is 10.0. The summed E-state index contributed by atoms with van der Waals surface area (Å²) in [6, 6.07) is 4.96. The molecule has 54 heavy (non-hydrogen) atoms. The summed E-state index contributed by atoms with van der Waals surface area (Å²) in [6.07, 6.45) is -10.9. The Labute approximate surface area is 307 Å². The van der Waals surface area contributed by atoms with Crippen molar-refractivity contribution in [2.75, 3.05) is 98.2 Å². The third-order valence-electron chi connectivity index (χ3n) is 10.0. The van der Waals surface area contributed by atoms with Gasteiger partial charge in [0.2, 0.25) is 0 Å². The van der Waals surface area contributed by atoms with E-state index in [-0.39, 0.29) is 62.6 Å². The Morgan fingerprint density at radius 1 is 0.704 bits per heavy atom. The zero-order valence-electron chi connectivity index (χ0n) is 29.7. The molecule has 0 aromatic carbocycles. The van der Waals surface area contributed by atoms with E-state index in [1.54, 1.807) is 35.8 Å². The topological polar surface area (TPSA) is 191 Å². The Kier molecular flexibility index (Phi) is 11.8. The van der Waals surface area contributed by atoms with Gasteiger partial charge in [0.15, 0.2) is 0 Å². The second kappa shape index (κ2) is 15.5. The summed E-state index contributed by atoms with van der Waals surface area (Å²) < 4.78 is 81.5. The minimum Gasteiger partial charge on any atom is -0.395 e. The van der Waals surface area contributed by atoms with Crippen LogP contribution in [0.5, 0.6) is 0 Å². The van der Waals surface area contributed by atoms with Crippen LogP contribution in [0.3, 0.4) is 0 Å². The summed E-state index contributed by atoms with van der Waals surface area (Å²) in [7, 11) is 0. The fourth-order valence-corrected chi connectivity index (χ4v) is 7.04. The number of aliphatic hydroxyl groups is 5. The van der Waals surface area contributed by atoms with Crippen molar-refractivity contribution in [3.63, 3.8) is 0 Å². The molecular weight excluding hydrogens is 728 g/mol. The van der Waals surface area contributed by atoms with Gasteiger partial charge >= 0.3 is 12.4 Å². The highest BCUT2D eigenvalue weighted by molar-refractivity contribution is 5.66. The summed E-state index contributed by atoms with van der Waals surface area (Å²) in [6.45, 7) is 6.58. The average Bonchev–Trinajstić information content (AvgIpc) is 3.77. The van der Waals surface area contributed by atoms with Crippen molar-refractivity contribution >= 4 is 23.3 Å². The maximum atomic E-state index is 13.7. The summed E-state index contributed by atoms with van der Waals surface area (Å²) in [5.74, 6) is -0.0705. The van der Waals surface area contributed by atoms with Crippen LogP contribution >= 0.6 is 0 Å². The average molecular weight is 772 g/mol. The van der Waals surface area contributed by atoms with Gasteiger partial charge < -0.3 is 45.1 Å². The number of anilines is 4. The van der Waals surface area contributed by atoms with Gasteiger partial charge in [0.25, 0.3) is 0 Å². The molecule has 2 aromatic heterocycles. The van der Waals surface area contributed by atoms with Crippen molar-refractivity contribution in [3.05, 3.63) is 34.4 Å². The van der Waals surface area contributed by atoms with E-state index >= 15 is 0 Å². The normalized spacial score (nSPS) is 26.5. The molecule has 14 nitrogen and oxygen atoms in total. The van der Waals surface area contributed by atoms with Gasteiger partial charge in [-0.2, -0.15) is 36.9 Å². The monoisotopic (exact) mass is 771 g/mol. The number of piperazine rings is 1. The maximum absolute atomic E-state index is 13.7. The minimum atomic E-state index is -4.77. The molecule has 4 atom stereocenters. The van der Waals surface area contributed by atoms with Crippen LogP contribution in [0.1, 0.15) is 48.9 Å². The van der Waals surface area contributed by atoms with E-state index in [1.807, 2.05) is 4.90 Å². The SMILES string of the molecule is C[C@]1(O)CCN(c2nc(N3CCN(CCO)CC3)cc(C(F)(F)F)c2C#N)C1.C[C@]1(O)CCN(c2nc(N3C[C@H](O)[C@@H](O)C3)cc(C(F)(F)F)c2C#N)C1. The van der Waals surface area contributed by atoms with Gasteiger partial charge in [0.1, 0.15) is 46.5 Å². The highest BCUT2D eigenvalue weighted by Gasteiger charge is 2.42. The summed E-state index contributed by atoms with van der Waals surface area (Å²) in [4.78, 5) is 16.8. The number of nitriles is 2. The molecule has 4 aliphatic heterocycles. The van der Waals surface area contributed by atoms with Crippen molar-refractivity contribution < 1.29 is 51.9 Å². The van der Waals surface area contributed by atoms with Crippen LogP contribution in [0.15, 0.2) is 12.1 Å². The highest BCUT2D eigenvalue weighted by Crippen LogP contribution is 2.41. The number of aliphatic hydroxyl groups excluding tert-OH is 3. The number of β-amino-alcohol motifs (C(OH)–C–C–N with tert-alkyl or cyclic N) is 5. The summed E-state index contributed by atoms with van der Waals surface area (Å²) in [5.41, 5.74) is -5.34. The Morgan fingerprint density at radius 3 is 1.44 bits per heavy atom. The lowest BCUT2D eigenvalue weighted by molar-refractivity contribution is -0.138. The number of nitrogens with zero attached hydrogens (tertiary/aromatic N) is 9. The predicted octanol–water partition coefficient (Wildman–Crippen LogP) is 1.52. The van der Waals surface area contributed by atoms with Gasteiger partial charge in [-0.05, 0) is 38.8 Å². The summed E-state index contributed by atoms with van der Waals surface area (Å²) >= 11 is 0. The molecule has 4 saturated heterocycles. The molecule has 0 spiro atoms. The van der Waals surface area contributed by atoms with Crippen LogP contribution in [-0.2, 0) is 12.4 Å². The molecule has 2 aromatic rings. The van der Waals surface area contributed by atoms with Gasteiger partial charge in [0.05, 0.1) is 41.1 Å². The molecule has 20 heteroatoms. The summed E-state index contributed by atoms with van der Waals surface area (Å²) in [5, 5.41) is 67.4. The number of hydrogen-bond donors (Lipinski definition) is 5. The van der Waals surface area contributed by atoms with E-state index in [9.17, 15) is 57.3 Å². The lowest BCUT2D eigenvalue weighted by Crippen LogP contribution is -2.47. The van der Waals surface area contributed by atoms with Crippen LogP contribution < -0.4 is 19.6 Å². The Hall–Kier alpha value is -4.18. The lowest BCUT2D eigenvalue weighted by Gasteiger charge is -2.36. The minimum absolute atomic E-state index is 0.0251. The van der Waals surface area contributed by atoms with Crippen molar-refractivity contribution in [1.82, 2.24) is 14.9 Å². The Balaban J connectivity index is 0.000000208. The zero-order valence-corrected chi connectivity index (χ0v) is 29.7. The van der Waals surface area contributed by atoms with E-state index in [1.165, 1.54) is 9.80 Å². The predicted molar refractivity (Wildman–Crippen MR) is 183 cm³/mol. The highest BCUT2D eigenvalue weighted by atomic mass is 19.4.